The van der Waals surface area contributed by atoms with Crippen LogP contribution in [0.2, 0.25) is 5.02 Å². The van der Waals surface area contributed by atoms with Gasteiger partial charge in [0.15, 0.2) is 17.7 Å². The van der Waals surface area contributed by atoms with Crippen molar-refractivity contribution in [1.29, 1.82) is 5.26 Å². The maximum Gasteiger partial charge on any atom is 0.297 e. The number of halogens is 6. The summed E-state index contributed by atoms with van der Waals surface area (Å²) in [5.41, 5.74) is -6.12. The third-order valence-corrected chi connectivity index (χ3v) is 4.21. The molecule has 5 nitrogen and oxygen atoms in total. The number of aromatic nitrogens is 2. The van der Waals surface area contributed by atoms with Gasteiger partial charge in [0.1, 0.15) is 25.1 Å². The van der Waals surface area contributed by atoms with Gasteiger partial charge in [-0.3, -0.25) is 9.36 Å². The van der Waals surface area contributed by atoms with E-state index >= 15 is 4.39 Å². The highest BCUT2D eigenvalue weighted by molar-refractivity contribution is 6.30. The van der Waals surface area contributed by atoms with Gasteiger partial charge in [-0.05, 0) is 13.0 Å². The van der Waals surface area contributed by atoms with Gasteiger partial charge in [0.2, 0.25) is 11.4 Å². The van der Waals surface area contributed by atoms with Crippen molar-refractivity contribution in [3.63, 3.8) is 0 Å². The van der Waals surface area contributed by atoms with Gasteiger partial charge in [0.25, 0.3) is 5.56 Å². The second kappa shape index (κ2) is 9.26. The van der Waals surface area contributed by atoms with E-state index in [1.807, 2.05) is 0 Å². The van der Waals surface area contributed by atoms with Crippen molar-refractivity contribution in [3.8, 4) is 17.6 Å². The fraction of sp³-hybridized carbons (Fsp3) is 0.316. The minimum atomic E-state index is -3.68. The Balaban J connectivity index is 2.78. The van der Waals surface area contributed by atoms with Crippen LogP contribution in [0.4, 0.5) is 22.0 Å². The van der Waals surface area contributed by atoms with Gasteiger partial charge in [0, 0.05) is 17.6 Å². The molecule has 1 aromatic carbocycles. The Bertz CT molecular complexity index is 1070. The van der Waals surface area contributed by atoms with Gasteiger partial charge >= 0.3 is 0 Å². The predicted octanol–water partition coefficient (Wildman–Crippen LogP) is 4.72. The van der Waals surface area contributed by atoms with Crippen molar-refractivity contribution in [2.75, 3.05) is 13.3 Å². The van der Waals surface area contributed by atoms with Crippen molar-refractivity contribution in [3.05, 3.63) is 63.1 Å². The van der Waals surface area contributed by atoms with Crippen molar-refractivity contribution in [2.45, 2.75) is 25.3 Å². The van der Waals surface area contributed by atoms with E-state index in [0.29, 0.717) is 5.57 Å². The van der Waals surface area contributed by atoms with Crippen LogP contribution in [0.3, 0.4) is 0 Å². The van der Waals surface area contributed by atoms with Crippen LogP contribution in [0.25, 0.3) is 0 Å². The monoisotopic (exact) mass is 447 g/mol. The molecule has 0 bridgehead atoms. The molecule has 0 spiro atoms. The number of nitriles is 1. The van der Waals surface area contributed by atoms with Crippen molar-refractivity contribution >= 4 is 11.6 Å². The number of allylic oxidation sites excluding steroid dienone is 1. The first-order valence-electron chi connectivity index (χ1n) is 8.35. The molecule has 0 N–H and O–H groups in total. The molecule has 2 aromatic rings. The van der Waals surface area contributed by atoms with E-state index < -0.39 is 59.3 Å². The maximum atomic E-state index is 15.0. The van der Waals surface area contributed by atoms with E-state index in [1.165, 1.54) is 6.07 Å². The van der Waals surface area contributed by atoms with Gasteiger partial charge in [-0.1, -0.05) is 23.8 Å². The number of hydrogen-bond acceptors (Lipinski definition) is 4. The molecule has 0 saturated carbocycles. The first-order valence-corrected chi connectivity index (χ1v) is 8.73. The molecule has 0 radical (unpaired) electrons. The number of hydrogen-bond donors (Lipinski definition) is 0. The summed E-state index contributed by atoms with van der Waals surface area (Å²) in [6.45, 7) is 1.03. The molecule has 11 heteroatoms. The van der Waals surface area contributed by atoms with Gasteiger partial charge in [-0.15, -0.1) is 0 Å². The van der Waals surface area contributed by atoms with Crippen LogP contribution in [0, 0.1) is 17.1 Å². The summed E-state index contributed by atoms with van der Waals surface area (Å²) in [6, 6.07) is 3.34. The molecule has 0 fully saturated rings. The molecule has 0 aliphatic carbocycles. The van der Waals surface area contributed by atoms with Crippen molar-refractivity contribution in [2.24, 2.45) is 0 Å². The first-order chi connectivity index (χ1) is 14.1. The highest BCUT2D eigenvalue weighted by atomic mass is 35.5. The van der Waals surface area contributed by atoms with E-state index in [-0.39, 0.29) is 11.6 Å². The summed E-state index contributed by atoms with van der Waals surface area (Å²) in [5, 5.41) is 8.80. The lowest BCUT2D eigenvalue weighted by Crippen LogP contribution is -2.39. The number of alkyl halides is 4. The molecule has 2 atom stereocenters. The van der Waals surface area contributed by atoms with E-state index in [0.717, 1.165) is 23.0 Å². The Morgan fingerprint density at radius 3 is 2.67 bits per heavy atom. The molecule has 0 amide bonds. The van der Waals surface area contributed by atoms with Crippen LogP contribution >= 0.6 is 11.6 Å². The van der Waals surface area contributed by atoms with E-state index in [4.69, 9.17) is 21.6 Å². The number of nitrogens with zero attached hydrogens (tertiary/aromatic N) is 3. The zero-order valence-corrected chi connectivity index (χ0v) is 16.3. The lowest BCUT2D eigenvalue weighted by molar-refractivity contribution is 0.00375. The van der Waals surface area contributed by atoms with Gasteiger partial charge in [0.05, 0.1) is 11.9 Å². The summed E-state index contributed by atoms with van der Waals surface area (Å²) in [7, 11) is 0. The van der Waals surface area contributed by atoms with Crippen molar-refractivity contribution in [1.82, 2.24) is 9.55 Å². The summed E-state index contributed by atoms with van der Waals surface area (Å²) in [6.07, 6.45) is -2.24. The summed E-state index contributed by atoms with van der Waals surface area (Å²) >= 11 is 5.78. The fourth-order valence-corrected chi connectivity index (χ4v) is 2.72. The van der Waals surface area contributed by atoms with Gasteiger partial charge in [-0.2, -0.15) is 5.26 Å². The summed E-state index contributed by atoms with van der Waals surface area (Å²) < 4.78 is 75.7. The van der Waals surface area contributed by atoms with Gasteiger partial charge in [-0.25, -0.2) is 26.9 Å². The molecule has 160 valence electrons. The molecule has 2 unspecified atom stereocenters. The highest BCUT2D eigenvalue weighted by Gasteiger charge is 2.47. The van der Waals surface area contributed by atoms with Crippen LogP contribution in [0.5, 0.6) is 11.5 Å². The van der Waals surface area contributed by atoms with Crippen LogP contribution in [0.1, 0.15) is 18.2 Å². The zero-order chi connectivity index (χ0) is 22.6. The van der Waals surface area contributed by atoms with Gasteiger partial charge < -0.3 is 4.74 Å². The molecule has 2 rings (SSSR count). The Morgan fingerprint density at radius 2 is 2.13 bits per heavy atom. The average molecular weight is 448 g/mol. The Hall–Kier alpha value is -2.93. The minimum Gasteiger partial charge on any atom is -0.446 e. The van der Waals surface area contributed by atoms with E-state index in [1.54, 1.807) is 6.92 Å². The van der Waals surface area contributed by atoms with Crippen LogP contribution in [-0.2, 0) is 12.2 Å². The fourth-order valence-electron chi connectivity index (χ4n) is 2.51. The first kappa shape index (κ1) is 23.3. The molecule has 1 aromatic heterocycles. The molecular weight excluding hydrogens is 433 g/mol. The van der Waals surface area contributed by atoms with E-state index in [2.05, 4.69) is 11.6 Å². The quantitative estimate of drug-likeness (QED) is 0.434. The standard InChI is InChI=1S/C19H15ClF5N3O2/c1-10(2)7-28-9-27-17(19(25,8-22)14(23)5-21)16(18(28)29)30-13-4-12(20)3-11(6-26)15(13)24/h3-4,9,14H,1,5,7-8H2,2H3. The number of rotatable bonds is 8. The third-order valence-electron chi connectivity index (χ3n) is 3.99. The van der Waals surface area contributed by atoms with Crippen LogP contribution < -0.4 is 10.3 Å². The lowest BCUT2D eigenvalue weighted by Gasteiger charge is -2.25. The molecule has 0 aliphatic heterocycles. The van der Waals surface area contributed by atoms with Crippen LogP contribution in [0.15, 0.2) is 35.4 Å². The zero-order valence-electron chi connectivity index (χ0n) is 15.6. The normalized spacial score (nSPS) is 13.9. The largest absolute Gasteiger partial charge is 0.446 e. The SMILES string of the molecule is C=C(C)Cn1cnc(C(F)(CF)C(F)CF)c(Oc2cc(Cl)cc(C#N)c2F)c1=O. The van der Waals surface area contributed by atoms with Crippen LogP contribution in [-0.4, -0.2) is 29.1 Å². The summed E-state index contributed by atoms with van der Waals surface area (Å²) in [5.74, 6) is -3.13. The smallest absolute Gasteiger partial charge is 0.297 e. The molecule has 1 heterocycles. The predicted molar refractivity (Wildman–Crippen MR) is 99.1 cm³/mol. The Labute approximate surface area is 173 Å². The Kier molecular flexibility index (Phi) is 7.21. The lowest BCUT2D eigenvalue weighted by atomic mass is 9.97. The van der Waals surface area contributed by atoms with Crippen molar-refractivity contribution < 1.29 is 26.7 Å². The molecule has 0 saturated heterocycles. The average Bonchev–Trinajstić information content (AvgIpc) is 2.71. The second-order valence-electron chi connectivity index (χ2n) is 6.41. The summed E-state index contributed by atoms with van der Waals surface area (Å²) in [4.78, 5) is 16.3. The number of benzene rings is 1. The van der Waals surface area contributed by atoms with E-state index in [9.17, 15) is 22.4 Å². The maximum absolute atomic E-state index is 15.0. The molecular formula is C19H15ClF5N3O2. The highest BCUT2D eigenvalue weighted by Crippen LogP contribution is 2.38. The second-order valence-corrected chi connectivity index (χ2v) is 6.85. The Morgan fingerprint density at radius 1 is 1.47 bits per heavy atom. The third kappa shape index (κ3) is 4.46. The molecule has 0 aliphatic rings. The topological polar surface area (TPSA) is 67.9 Å². The number of ether oxygens (including phenoxy) is 1. The molecule has 30 heavy (non-hydrogen) atoms. The minimum absolute atomic E-state index is 0.124.